The molecule has 7 nitrogen and oxygen atoms in total. The highest BCUT2D eigenvalue weighted by Crippen LogP contribution is 2.42. The van der Waals surface area contributed by atoms with E-state index in [1.165, 1.54) is 0 Å². The predicted octanol–water partition coefficient (Wildman–Crippen LogP) is 5.84. The van der Waals surface area contributed by atoms with Crippen LogP contribution in [0.2, 0.25) is 0 Å². The van der Waals surface area contributed by atoms with Gasteiger partial charge in [0.1, 0.15) is 0 Å². The van der Waals surface area contributed by atoms with E-state index in [2.05, 4.69) is 11.6 Å². The first-order chi connectivity index (χ1) is 20.9. The van der Waals surface area contributed by atoms with Gasteiger partial charge in [0, 0.05) is 29.5 Å². The molecule has 0 aliphatic carbocycles. The van der Waals surface area contributed by atoms with Crippen molar-refractivity contribution in [3.63, 3.8) is 0 Å². The SMILES string of the molecule is C[C@H]1[C@@H](CSCCO)O[C@@H](c2ccc(-c3ccccc3CNS(=O)(=O)c3ccccc3)cc2)O[C@H]1c1ccc(CO)cc1. The maximum absolute atomic E-state index is 12.8. The third-order valence-corrected chi connectivity index (χ3v) is 10.1. The Hall–Kier alpha value is -3.02. The van der Waals surface area contributed by atoms with Crippen LogP contribution in [0.15, 0.2) is 108 Å². The van der Waals surface area contributed by atoms with Crippen molar-refractivity contribution in [3.05, 3.63) is 125 Å². The van der Waals surface area contributed by atoms with Crippen LogP contribution in [0.3, 0.4) is 0 Å². The number of benzene rings is 4. The molecule has 9 heteroatoms. The molecule has 0 aromatic heterocycles. The molecule has 5 rings (SSSR count). The molecule has 3 N–H and O–H groups in total. The molecule has 1 aliphatic heterocycles. The maximum Gasteiger partial charge on any atom is 0.240 e. The minimum absolute atomic E-state index is 0.0120. The van der Waals surface area contributed by atoms with E-state index >= 15 is 0 Å². The van der Waals surface area contributed by atoms with E-state index in [0.29, 0.717) is 5.75 Å². The second-order valence-electron chi connectivity index (χ2n) is 10.5. The first-order valence-electron chi connectivity index (χ1n) is 14.3. The molecular formula is C34H37NO6S2. The fourth-order valence-corrected chi connectivity index (χ4v) is 7.14. The van der Waals surface area contributed by atoms with Gasteiger partial charge < -0.3 is 19.7 Å². The molecule has 0 amide bonds. The Kier molecular flexibility index (Phi) is 10.7. The summed E-state index contributed by atoms with van der Waals surface area (Å²) in [5, 5.41) is 18.8. The molecule has 43 heavy (non-hydrogen) atoms. The zero-order valence-electron chi connectivity index (χ0n) is 24.0. The van der Waals surface area contributed by atoms with Gasteiger partial charge in [0.25, 0.3) is 0 Å². The van der Waals surface area contributed by atoms with Crippen molar-refractivity contribution in [3.8, 4) is 11.1 Å². The molecule has 0 spiro atoms. The van der Waals surface area contributed by atoms with E-state index in [9.17, 15) is 18.6 Å². The lowest BCUT2D eigenvalue weighted by atomic mass is 9.91. The molecule has 4 aromatic rings. The van der Waals surface area contributed by atoms with Gasteiger partial charge in [0.15, 0.2) is 6.29 Å². The zero-order chi connectivity index (χ0) is 30.2. The van der Waals surface area contributed by atoms with Gasteiger partial charge in [-0.05, 0) is 39.9 Å². The second-order valence-corrected chi connectivity index (χ2v) is 13.5. The Balaban J connectivity index is 1.35. The van der Waals surface area contributed by atoms with Gasteiger partial charge in [-0.25, -0.2) is 13.1 Å². The zero-order valence-corrected chi connectivity index (χ0v) is 25.6. The van der Waals surface area contributed by atoms with Gasteiger partial charge in [-0.1, -0.05) is 97.9 Å². The summed E-state index contributed by atoms with van der Waals surface area (Å²) in [6.45, 7) is 2.39. The molecule has 1 fully saturated rings. The maximum atomic E-state index is 12.8. The van der Waals surface area contributed by atoms with E-state index < -0.39 is 16.3 Å². The average Bonchev–Trinajstić information content (AvgIpc) is 3.05. The largest absolute Gasteiger partial charge is 0.396 e. The molecule has 1 aliphatic rings. The highest BCUT2D eigenvalue weighted by molar-refractivity contribution is 7.99. The molecule has 4 aromatic carbocycles. The highest BCUT2D eigenvalue weighted by atomic mass is 32.2. The minimum Gasteiger partial charge on any atom is -0.396 e. The number of hydrogen-bond acceptors (Lipinski definition) is 7. The average molecular weight is 620 g/mol. The summed E-state index contributed by atoms with van der Waals surface area (Å²) < 4.78 is 41.4. The number of sulfonamides is 1. The molecule has 0 saturated carbocycles. The Morgan fingerprint density at radius 2 is 1.49 bits per heavy atom. The molecule has 1 heterocycles. The van der Waals surface area contributed by atoms with Crippen molar-refractivity contribution >= 4 is 21.8 Å². The van der Waals surface area contributed by atoms with Crippen LogP contribution in [0, 0.1) is 5.92 Å². The van der Waals surface area contributed by atoms with E-state index in [4.69, 9.17) is 9.47 Å². The lowest BCUT2D eigenvalue weighted by molar-refractivity contribution is -0.268. The van der Waals surface area contributed by atoms with Crippen LogP contribution in [0.4, 0.5) is 0 Å². The molecule has 226 valence electrons. The van der Waals surface area contributed by atoms with E-state index in [0.717, 1.165) is 39.1 Å². The number of thioether (sulfide) groups is 1. The summed E-state index contributed by atoms with van der Waals surface area (Å²) in [5.41, 5.74) is 5.50. The van der Waals surface area contributed by atoms with Crippen molar-refractivity contribution in [2.75, 3.05) is 18.1 Å². The summed E-state index contributed by atoms with van der Waals surface area (Å²) in [7, 11) is -3.64. The molecule has 0 unspecified atom stereocenters. The number of nitrogens with one attached hydrogen (secondary N) is 1. The summed E-state index contributed by atoms with van der Waals surface area (Å²) >= 11 is 1.66. The van der Waals surface area contributed by atoms with Crippen molar-refractivity contribution in [1.29, 1.82) is 0 Å². The van der Waals surface area contributed by atoms with Crippen LogP contribution in [0.25, 0.3) is 11.1 Å². The fourth-order valence-electron chi connectivity index (χ4n) is 5.21. The predicted molar refractivity (Wildman–Crippen MR) is 170 cm³/mol. The third-order valence-electron chi connectivity index (χ3n) is 7.66. The van der Waals surface area contributed by atoms with Crippen LogP contribution >= 0.6 is 11.8 Å². The Bertz CT molecular complexity index is 1560. The van der Waals surface area contributed by atoms with Crippen LogP contribution in [0.1, 0.15) is 41.6 Å². The monoisotopic (exact) mass is 619 g/mol. The van der Waals surface area contributed by atoms with Crippen molar-refractivity contribution < 1.29 is 28.1 Å². The Labute approximate surface area is 257 Å². The van der Waals surface area contributed by atoms with Gasteiger partial charge in [-0.15, -0.1) is 0 Å². The Morgan fingerprint density at radius 1 is 0.814 bits per heavy atom. The fraction of sp³-hybridized carbons (Fsp3) is 0.294. The Morgan fingerprint density at radius 3 is 2.19 bits per heavy atom. The smallest absolute Gasteiger partial charge is 0.240 e. The number of aliphatic hydroxyl groups is 2. The van der Waals surface area contributed by atoms with Gasteiger partial charge in [-0.3, -0.25) is 0 Å². The van der Waals surface area contributed by atoms with Crippen molar-refractivity contribution in [1.82, 2.24) is 4.72 Å². The van der Waals surface area contributed by atoms with Gasteiger partial charge in [0.05, 0.1) is 30.3 Å². The van der Waals surface area contributed by atoms with Gasteiger partial charge in [0.2, 0.25) is 10.0 Å². The quantitative estimate of drug-likeness (QED) is 0.171. The summed E-state index contributed by atoms with van der Waals surface area (Å²) in [6, 6.07) is 31.9. The van der Waals surface area contributed by atoms with Crippen molar-refractivity contribution in [2.45, 2.75) is 43.5 Å². The van der Waals surface area contributed by atoms with Crippen LogP contribution in [-0.2, 0) is 32.6 Å². The lowest BCUT2D eigenvalue weighted by Gasteiger charge is -2.41. The summed E-state index contributed by atoms with van der Waals surface area (Å²) in [4.78, 5) is 0.231. The highest BCUT2D eigenvalue weighted by Gasteiger charge is 2.38. The van der Waals surface area contributed by atoms with E-state index in [1.54, 1.807) is 42.1 Å². The first kappa shape index (κ1) is 31.4. The molecule has 0 bridgehead atoms. The summed E-state index contributed by atoms with van der Waals surface area (Å²) in [6.07, 6.45) is -0.875. The van der Waals surface area contributed by atoms with Gasteiger partial charge >= 0.3 is 0 Å². The van der Waals surface area contributed by atoms with E-state index in [1.807, 2.05) is 72.8 Å². The number of rotatable bonds is 12. The van der Waals surface area contributed by atoms with E-state index in [-0.39, 0.29) is 42.8 Å². The number of aliphatic hydroxyl groups excluding tert-OH is 2. The van der Waals surface area contributed by atoms with Gasteiger partial charge in [-0.2, -0.15) is 11.8 Å². The number of ether oxygens (including phenoxy) is 2. The van der Waals surface area contributed by atoms with Crippen molar-refractivity contribution in [2.24, 2.45) is 5.92 Å². The topological polar surface area (TPSA) is 105 Å². The molecule has 4 atom stereocenters. The lowest BCUT2D eigenvalue weighted by Crippen LogP contribution is -2.38. The third kappa shape index (κ3) is 7.74. The second kappa shape index (κ2) is 14.6. The molecule has 1 saturated heterocycles. The number of hydrogen-bond donors (Lipinski definition) is 3. The van der Waals surface area contributed by atoms with Crippen LogP contribution in [0.5, 0.6) is 0 Å². The summed E-state index contributed by atoms with van der Waals surface area (Å²) in [5.74, 6) is 1.45. The first-order valence-corrected chi connectivity index (χ1v) is 17.0. The molecular weight excluding hydrogens is 583 g/mol. The van der Waals surface area contributed by atoms with Crippen LogP contribution < -0.4 is 4.72 Å². The molecule has 0 radical (unpaired) electrons. The van der Waals surface area contributed by atoms with Crippen LogP contribution in [-0.4, -0.2) is 42.8 Å². The standard InChI is InChI=1S/C34H37NO6S2/c1-24-32(23-42-20-19-36)40-34(41-33(24)27-13-11-25(22-37)12-14-27)28-17-15-26(16-18-28)31-10-6-5-7-29(31)21-35-43(38,39)30-8-3-2-4-9-30/h2-18,24,32-37H,19-23H2,1H3/t24-,32+,33+,34+/m0/s1. The minimum atomic E-state index is -3.64. The normalized spacial score (nSPS) is 20.6.